The number of methoxy groups -OCH3 is 1. The van der Waals surface area contributed by atoms with Crippen LogP contribution in [0.5, 0.6) is 0 Å². The molecule has 116 valence electrons. The van der Waals surface area contributed by atoms with Gasteiger partial charge in [-0.15, -0.1) is 0 Å². The zero-order chi connectivity index (χ0) is 14.4. The smallest absolute Gasteiger partial charge is 0.243 e. The molecule has 0 radical (unpaired) electrons. The van der Waals surface area contributed by atoms with E-state index in [4.69, 9.17) is 14.2 Å². The molecule has 4 heterocycles. The first-order valence-corrected chi connectivity index (χ1v) is 8.06. The van der Waals surface area contributed by atoms with E-state index in [1.807, 2.05) is 0 Å². The highest BCUT2D eigenvalue weighted by molar-refractivity contribution is 5.07. The molecule has 0 saturated carbocycles. The van der Waals surface area contributed by atoms with Gasteiger partial charge in [0, 0.05) is 31.7 Å². The molecule has 4 rings (SSSR count). The van der Waals surface area contributed by atoms with Crippen molar-refractivity contribution in [2.75, 3.05) is 20.7 Å². The normalized spacial score (nSPS) is 40.0. The van der Waals surface area contributed by atoms with Crippen LogP contribution in [0.25, 0.3) is 0 Å². The van der Waals surface area contributed by atoms with Gasteiger partial charge in [0.2, 0.25) is 5.89 Å². The van der Waals surface area contributed by atoms with Crippen LogP contribution in [-0.2, 0) is 4.74 Å². The van der Waals surface area contributed by atoms with Gasteiger partial charge in [0.15, 0.2) is 5.82 Å². The van der Waals surface area contributed by atoms with Crippen molar-refractivity contribution in [3.8, 4) is 0 Å². The van der Waals surface area contributed by atoms with Crippen LogP contribution < -0.4 is 5.32 Å². The Morgan fingerprint density at radius 1 is 1.24 bits per heavy atom. The summed E-state index contributed by atoms with van der Waals surface area (Å²) in [6.45, 7) is 0.858. The lowest BCUT2D eigenvalue weighted by molar-refractivity contribution is 0.116. The molecule has 3 aliphatic rings. The third-order valence-electron chi connectivity index (χ3n) is 5.64. The van der Waals surface area contributed by atoms with Gasteiger partial charge >= 0.3 is 0 Å². The van der Waals surface area contributed by atoms with Crippen LogP contribution in [0.1, 0.15) is 55.8 Å². The molecule has 2 bridgehead atoms. The maximum Gasteiger partial charge on any atom is 0.243 e. The largest absolute Gasteiger partial charge is 0.380 e. The molecule has 4 atom stereocenters. The number of nitrogens with zero attached hydrogens (tertiary/aromatic N) is 3. The van der Waals surface area contributed by atoms with Crippen LogP contribution in [0.4, 0.5) is 0 Å². The van der Waals surface area contributed by atoms with Gasteiger partial charge < -0.3 is 19.5 Å². The molecule has 0 aliphatic carbocycles. The van der Waals surface area contributed by atoms with E-state index in [0.717, 1.165) is 24.7 Å². The van der Waals surface area contributed by atoms with Gasteiger partial charge in [-0.05, 0) is 39.2 Å². The molecule has 6 heteroatoms. The van der Waals surface area contributed by atoms with Gasteiger partial charge in [-0.25, -0.2) is 0 Å². The molecule has 0 amide bonds. The van der Waals surface area contributed by atoms with Gasteiger partial charge in [-0.2, -0.15) is 4.98 Å². The van der Waals surface area contributed by atoms with E-state index in [2.05, 4.69) is 22.4 Å². The van der Waals surface area contributed by atoms with Gasteiger partial charge in [-0.3, -0.25) is 0 Å². The lowest BCUT2D eigenvalue weighted by Crippen LogP contribution is -2.39. The highest BCUT2D eigenvalue weighted by Gasteiger charge is 2.40. The summed E-state index contributed by atoms with van der Waals surface area (Å²) < 4.78 is 10.9. The third-order valence-corrected chi connectivity index (χ3v) is 5.64. The topological polar surface area (TPSA) is 63.4 Å². The number of nitrogens with one attached hydrogen (secondary N) is 1. The quantitative estimate of drug-likeness (QED) is 0.910. The highest BCUT2D eigenvalue weighted by Crippen LogP contribution is 2.41. The Hall–Kier alpha value is -0.980. The second-order valence-electron chi connectivity index (χ2n) is 6.76. The van der Waals surface area contributed by atoms with Gasteiger partial charge in [-0.1, -0.05) is 5.16 Å². The Balaban J connectivity index is 1.46. The third kappa shape index (κ3) is 2.39. The zero-order valence-electron chi connectivity index (χ0n) is 12.8. The summed E-state index contributed by atoms with van der Waals surface area (Å²) in [5, 5.41) is 7.67. The van der Waals surface area contributed by atoms with Crippen LogP contribution in [0.15, 0.2) is 4.52 Å². The first-order valence-electron chi connectivity index (χ1n) is 8.06. The van der Waals surface area contributed by atoms with Crippen molar-refractivity contribution in [1.82, 2.24) is 20.4 Å². The molecule has 3 saturated heterocycles. The van der Waals surface area contributed by atoms with Crippen molar-refractivity contribution >= 4 is 0 Å². The summed E-state index contributed by atoms with van der Waals surface area (Å²) in [4.78, 5) is 7.23. The van der Waals surface area contributed by atoms with Crippen LogP contribution in [-0.4, -0.2) is 53.9 Å². The molecule has 3 aliphatic heterocycles. The Morgan fingerprint density at radius 2 is 2.00 bits per heavy atom. The molecular formula is C15H24N4O2. The molecule has 0 spiro atoms. The summed E-state index contributed by atoms with van der Waals surface area (Å²) >= 11 is 0. The van der Waals surface area contributed by atoms with E-state index < -0.39 is 0 Å². The molecule has 1 N–H and O–H groups in total. The fourth-order valence-corrected chi connectivity index (χ4v) is 4.25. The average Bonchev–Trinajstić information content (AvgIpc) is 3.18. The Bertz CT molecular complexity index is 492. The van der Waals surface area contributed by atoms with Crippen LogP contribution >= 0.6 is 0 Å². The molecule has 4 unspecified atom stereocenters. The fraction of sp³-hybridized carbons (Fsp3) is 0.867. The number of rotatable bonds is 3. The highest BCUT2D eigenvalue weighted by atomic mass is 16.5. The Kier molecular flexibility index (Phi) is 3.47. The maximum absolute atomic E-state index is 5.52. The van der Waals surface area contributed by atoms with Gasteiger partial charge in [0.1, 0.15) is 0 Å². The van der Waals surface area contributed by atoms with E-state index >= 15 is 0 Å². The van der Waals surface area contributed by atoms with E-state index in [-0.39, 0.29) is 12.1 Å². The summed E-state index contributed by atoms with van der Waals surface area (Å²) in [5.74, 6) is 2.12. The summed E-state index contributed by atoms with van der Waals surface area (Å²) in [6.07, 6.45) is 6.15. The average molecular weight is 292 g/mol. The summed E-state index contributed by atoms with van der Waals surface area (Å²) in [5.41, 5.74) is 0. The molecular weight excluding hydrogens is 268 g/mol. The molecule has 0 aromatic carbocycles. The van der Waals surface area contributed by atoms with E-state index in [0.29, 0.717) is 18.0 Å². The number of fused-ring (bicyclic) bond motifs is 2. The zero-order valence-corrected chi connectivity index (χ0v) is 12.8. The van der Waals surface area contributed by atoms with Crippen molar-refractivity contribution < 1.29 is 9.26 Å². The summed E-state index contributed by atoms with van der Waals surface area (Å²) in [6, 6.07) is 1.57. The minimum Gasteiger partial charge on any atom is -0.380 e. The Morgan fingerprint density at radius 3 is 2.67 bits per heavy atom. The standard InChI is InChI=1S/C15H24N4O2/c1-19-10-3-4-11(19)6-9(5-10)14-17-15(21-18-14)13-7-12(20-2)8-16-13/h9-13,16H,3-8H2,1-2H3. The molecule has 6 nitrogen and oxygen atoms in total. The SMILES string of the molecule is COC1CNC(c2nc(C3CC4CCC(C3)N4C)no2)C1. The molecule has 1 aromatic rings. The van der Waals surface area contributed by atoms with Crippen LogP contribution in [0.2, 0.25) is 0 Å². The predicted molar refractivity (Wildman–Crippen MR) is 77.0 cm³/mol. The minimum atomic E-state index is 0.152. The first kappa shape index (κ1) is 13.7. The predicted octanol–water partition coefficient (Wildman–Crippen LogP) is 1.46. The summed E-state index contributed by atoms with van der Waals surface area (Å²) in [7, 11) is 4.01. The van der Waals surface area contributed by atoms with Crippen molar-refractivity contribution in [3.63, 3.8) is 0 Å². The second-order valence-corrected chi connectivity index (χ2v) is 6.76. The van der Waals surface area contributed by atoms with Gasteiger partial charge in [0.25, 0.3) is 0 Å². The molecule has 21 heavy (non-hydrogen) atoms. The number of hydrogen-bond acceptors (Lipinski definition) is 6. The fourth-order valence-electron chi connectivity index (χ4n) is 4.25. The number of hydrogen-bond donors (Lipinski definition) is 1. The van der Waals surface area contributed by atoms with Crippen LogP contribution in [0, 0.1) is 0 Å². The monoisotopic (exact) mass is 292 g/mol. The molecule has 3 fully saturated rings. The van der Waals surface area contributed by atoms with E-state index in [1.54, 1.807) is 7.11 Å². The van der Waals surface area contributed by atoms with Crippen molar-refractivity contribution in [3.05, 3.63) is 11.7 Å². The number of piperidine rings is 1. The van der Waals surface area contributed by atoms with Crippen LogP contribution in [0.3, 0.4) is 0 Å². The van der Waals surface area contributed by atoms with Crippen molar-refractivity contribution in [2.24, 2.45) is 0 Å². The lowest BCUT2D eigenvalue weighted by atomic mass is 9.90. The second kappa shape index (κ2) is 5.34. The lowest BCUT2D eigenvalue weighted by Gasteiger charge is -2.34. The van der Waals surface area contributed by atoms with Crippen molar-refractivity contribution in [2.45, 2.75) is 62.3 Å². The van der Waals surface area contributed by atoms with Gasteiger partial charge in [0.05, 0.1) is 12.1 Å². The minimum absolute atomic E-state index is 0.152. The number of aromatic nitrogens is 2. The first-order chi connectivity index (χ1) is 10.2. The number of ether oxygens (including phenoxy) is 1. The maximum atomic E-state index is 5.52. The van der Waals surface area contributed by atoms with E-state index in [9.17, 15) is 0 Å². The van der Waals surface area contributed by atoms with Crippen molar-refractivity contribution in [1.29, 1.82) is 0 Å². The molecule has 1 aromatic heterocycles. The van der Waals surface area contributed by atoms with E-state index in [1.165, 1.54) is 25.7 Å². The Labute approximate surface area is 125 Å².